The molecule has 9 heteroatoms. The number of nitrogens with zero attached hydrogens (tertiary/aromatic N) is 2. The molecule has 2 N–H and O–H groups in total. The van der Waals surface area contributed by atoms with E-state index in [1.165, 1.54) is 18.5 Å². The van der Waals surface area contributed by atoms with Crippen LogP contribution in [-0.4, -0.2) is 22.9 Å². The molecule has 0 unspecified atom stereocenters. The molecule has 0 atom stereocenters. The number of aromatic nitrogens is 2. The van der Waals surface area contributed by atoms with E-state index in [2.05, 4.69) is 20.1 Å². The molecule has 142 valence electrons. The highest BCUT2D eigenvalue weighted by atomic mass is 35.5. The molecule has 0 aliphatic carbocycles. The Balaban J connectivity index is 0.000000465. The predicted molar refractivity (Wildman–Crippen MR) is 104 cm³/mol. The lowest BCUT2D eigenvalue weighted by molar-refractivity contribution is -0.108. The molecular formula is C18H16Cl2F2N4O. The molecular weight excluding hydrogens is 397 g/mol. The average molecular weight is 413 g/mol. The van der Waals surface area contributed by atoms with Crippen LogP contribution < -0.4 is 10.2 Å². The number of carbonyl (C=O) groups is 1. The fourth-order valence-corrected chi connectivity index (χ4v) is 2.48. The highest BCUT2D eigenvalue weighted by Gasteiger charge is 2.07. The summed E-state index contributed by atoms with van der Waals surface area (Å²) in [5.74, 6) is 0.152. The van der Waals surface area contributed by atoms with E-state index < -0.39 is 12.5 Å². The Morgan fingerprint density at radius 2 is 1.96 bits per heavy atom. The maximum absolute atomic E-state index is 13.2. The Kier molecular flexibility index (Phi) is 8.32. The van der Waals surface area contributed by atoms with Gasteiger partial charge >= 0.3 is 0 Å². The van der Waals surface area contributed by atoms with E-state index in [4.69, 9.17) is 28.2 Å². The minimum absolute atomic E-state index is 0.0417. The normalized spacial score (nSPS) is 10.2. The van der Waals surface area contributed by atoms with Crippen LogP contribution in [-0.2, 0) is 11.3 Å². The predicted octanol–water partition coefficient (Wildman–Crippen LogP) is 4.95. The van der Waals surface area contributed by atoms with E-state index in [-0.39, 0.29) is 11.4 Å². The molecule has 0 bridgehead atoms. The van der Waals surface area contributed by atoms with Gasteiger partial charge in [-0.25, -0.2) is 19.2 Å². The molecule has 0 saturated carbocycles. The first kappa shape index (κ1) is 21.0. The summed E-state index contributed by atoms with van der Waals surface area (Å²) in [4.78, 5) is 20.2. The third-order valence-electron chi connectivity index (χ3n) is 3.38. The topological polar surface area (TPSA) is 66.9 Å². The highest BCUT2D eigenvalue weighted by Crippen LogP contribution is 2.26. The lowest BCUT2D eigenvalue weighted by Crippen LogP contribution is -2.00. The van der Waals surface area contributed by atoms with Crippen LogP contribution in [0.25, 0.3) is 10.9 Å². The fraction of sp³-hybridized carbons (Fsp3) is 0.167. The van der Waals surface area contributed by atoms with Crippen molar-refractivity contribution in [2.24, 2.45) is 0 Å². The third-order valence-corrected chi connectivity index (χ3v) is 3.80. The Morgan fingerprint density at radius 3 is 2.59 bits per heavy atom. The van der Waals surface area contributed by atoms with Crippen LogP contribution in [0.1, 0.15) is 12.0 Å². The molecule has 0 amide bonds. The first-order valence-electron chi connectivity index (χ1n) is 7.87. The Bertz CT molecular complexity index is 912. The molecule has 0 aliphatic heterocycles. The van der Waals surface area contributed by atoms with Crippen molar-refractivity contribution in [3.8, 4) is 0 Å². The average Bonchev–Trinajstić information content (AvgIpc) is 2.67. The second kappa shape index (κ2) is 10.7. The Morgan fingerprint density at radius 1 is 1.15 bits per heavy atom. The Labute approximate surface area is 164 Å². The van der Waals surface area contributed by atoms with E-state index in [0.717, 1.165) is 16.5 Å². The van der Waals surface area contributed by atoms with E-state index in [0.29, 0.717) is 24.3 Å². The van der Waals surface area contributed by atoms with Crippen molar-refractivity contribution >= 4 is 52.1 Å². The van der Waals surface area contributed by atoms with Gasteiger partial charge in [0.05, 0.1) is 17.2 Å². The molecule has 1 aromatic heterocycles. The van der Waals surface area contributed by atoms with Gasteiger partial charge in [0.25, 0.3) is 0 Å². The molecule has 0 saturated heterocycles. The summed E-state index contributed by atoms with van der Waals surface area (Å²) in [6.07, 6.45) is 2.06. The van der Waals surface area contributed by atoms with Gasteiger partial charge in [0.15, 0.2) is 0 Å². The van der Waals surface area contributed by atoms with Gasteiger partial charge in [0.1, 0.15) is 24.2 Å². The minimum atomic E-state index is -0.524. The molecule has 27 heavy (non-hydrogen) atoms. The van der Waals surface area contributed by atoms with Gasteiger partial charge in [-0.05, 0) is 47.7 Å². The maximum atomic E-state index is 13.2. The van der Waals surface area contributed by atoms with Crippen molar-refractivity contribution in [2.45, 2.75) is 13.0 Å². The van der Waals surface area contributed by atoms with Crippen molar-refractivity contribution in [2.75, 3.05) is 12.0 Å². The van der Waals surface area contributed by atoms with Crippen LogP contribution >= 0.6 is 23.4 Å². The number of aldehydes is 1. The van der Waals surface area contributed by atoms with E-state index in [1.807, 2.05) is 18.2 Å². The molecule has 0 fully saturated rings. The van der Waals surface area contributed by atoms with Gasteiger partial charge in [0, 0.05) is 24.0 Å². The van der Waals surface area contributed by atoms with Gasteiger partial charge in [-0.3, -0.25) is 4.39 Å². The number of alkyl halides is 1. The van der Waals surface area contributed by atoms with Gasteiger partial charge in [-0.2, -0.15) is 0 Å². The van der Waals surface area contributed by atoms with Gasteiger partial charge in [0.2, 0.25) is 0 Å². The zero-order valence-corrected chi connectivity index (χ0v) is 15.6. The number of benzene rings is 2. The van der Waals surface area contributed by atoms with Crippen molar-refractivity contribution in [1.82, 2.24) is 14.8 Å². The number of fused-ring (bicyclic) bond motifs is 1. The van der Waals surface area contributed by atoms with Gasteiger partial charge in [-0.15, -0.1) is 0 Å². The van der Waals surface area contributed by atoms with E-state index in [9.17, 15) is 8.78 Å². The zero-order valence-electron chi connectivity index (χ0n) is 14.1. The van der Waals surface area contributed by atoms with Gasteiger partial charge in [-0.1, -0.05) is 17.7 Å². The zero-order chi connectivity index (χ0) is 19.6. The summed E-state index contributed by atoms with van der Waals surface area (Å²) in [5, 5.41) is 4.02. The van der Waals surface area contributed by atoms with Crippen molar-refractivity contribution < 1.29 is 13.6 Å². The number of nitrogens with one attached hydrogen (secondary N) is 2. The SMILES string of the molecule is Fc1ccc(Nc2ncnc3ccc(CNCl)cc23)cc1Cl.O=CCCF. The Hall–Kier alpha value is -2.35. The summed E-state index contributed by atoms with van der Waals surface area (Å²) in [6, 6.07) is 10.2. The molecule has 0 radical (unpaired) electrons. The quantitative estimate of drug-likeness (QED) is 0.442. The molecule has 5 nitrogen and oxygen atoms in total. The van der Waals surface area contributed by atoms with Crippen molar-refractivity contribution in [1.29, 1.82) is 0 Å². The fourth-order valence-electron chi connectivity index (χ4n) is 2.15. The van der Waals surface area contributed by atoms with Crippen molar-refractivity contribution in [3.05, 3.63) is 59.1 Å². The van der Waals surface area contributed by atoms with Crippen LogP contribution in [0, 0.1) is 5.82 Å². The summed E-state index contributed by atoms with van der Waals surface area (Å²) < 4.78 is 24.0. The van der Waals surface area contributed by atoms with Crippen LogP contribution in [0.15, 0.2) is 42.7 Å². The molecule has 1 heterocycles. The lowest BCUT2D eigenvalue weighted by atomic mass is 10.1. The number of rotatable bonds is 6. The van der Waals surface area contributed by atoms with E-state index in [1.54, 1.807) is 6.07 Å². The second-order valence-electron chi connectivity index (χ2n) is 5.28. The van der Waals surface area contributed by atoms with Crippen LogP contribution in [0.3, 0.4) is 0 Å². The summed E-state index contributed by atoms with van der Waals surface area (Å²) in [6.45, 7) is -0.00228. The standard InChI is InChI=1S/C15H11Cl2FN4.C3H5FO/c16-12-6-10(2-3-13(12)18)22-15-11-5-9(7-21-17)1-4-14(11)19-8-20-15;4-2-1-3-5/h1-6,8,21H,7H2,(H,19,20,22);3H,1-2H2. The van der Waals surface area contributed by atoms with Gasteiger partial charge < -0.3 is 10.1 Å². The minimum Gasteiger partial charge on any atom is -0.340 e. The number of hydrogen-bond donors (Lipinski definition) is 2. The monoisotopic (exact) mass is 412 g/mol. The summed E-state index contributed by atoms with van der Waals surface area (Å²) in [7, 11) is 0. The first-order valence-corrected chi connectivity index (χ1v) is 8.63. The number of hydrogen-bond acceptors (Lipinski definition) is 5. The van der Waals surface area contributed by atoms with Crippen molar-refractivity contribution in [3.63, 3.8) is 0 Å². The van der Waals surface area contributed by atoms with Crippen LogP contribution in [0.5, 0.6) is 0 Å². The largest absolute Gasteiger partial charge is 0.340 e. The molecule has 0 spiro atoms. The number of carbonyl (C=O) groups excluding carboxylic acids is 1. The van der Waals surface area contributed by atoms with Crippen LogP contribution in [0.2, 0.25) is 5.02 Å². The summed E-state index contributed by atoms with van der Waals surface area (Å²) >= 11 is 11.3. The smallest absolute Gasteiger partial charge is 0.141 e. The molecule has 2 aromatic carbocycles. The second-order valence-corrected chi connectivity index (χ2v) is 5.96. The third kappa shape index (κ3) is 6.09. The van der Waals surface area contributed by atoms with Crippen LogP contribution in [0.4, 0.5) is 20.3 Å². The lowest BCUT2D eigenvalue weighted by Gasteiger charge is -2.10. The number of halogens is 4. The molecule has 3 aromatic rings. The van der Waals surface area contributed by atoms with E-state index >= 15 is 0 Å². The molecule has 3 rings (SSSR count). The number of anilines is 2. The highest BCUT2D eigenvalue weighted by molar-refractivity contribution is 6.31. The molecule has 0 aliphatic rings. The maximum Gasteiger partial charge on any atom is 0.141 e. The first-order chi connectivity index (χ1) is 13.1. The summed E-state index contributed by atoms with van der Waals surface area (Å²) in [5.41, 5.74) is 2.44.